The Morgan fingerprint density at radius 2 is 1.91 bits per heavy atom. The average Bonchev–Trinajstić information content (AvgIpc) is 2.98. The Balaban J connectivity index is 1.80. The van der Waals surface area contributed by atoms with Crippen molar-refractivity contribution in [3.8, 4) is 11.4 Å². The van der Waals surface area contributed by atoms with E-state index in [1.807, 2.05) is 29.1 Å². The van der Waals surface area contributed by atoms with Crippen molar-refractivity contribution in [2.45, 2.75) is 25.5 Å². The molecule has 3 heterocycles. The third-order valence-corrected chi connectivity index (χ3v) is 3.96. The summed E-state index contributed by atoms with van der Waals surface area (Å²) >= 11 is 0. The third-order valence-electron chi connectivity index (χ3n) is 3.96. The molecule has 3 aromatic rings. The molecule has 1 unspecified atom stereocenters. The molecule has 0 aliphatic carbocycles. The Morgan fingerprint density at radius 3 is 2.65 bits per heavy atom. The number of hydrogen-bond donors (Lipinski definition) is 2. The van der Waals surface area contributed by atoms with Gasteiger partial charge in [-0.25, -0.2) is 4.68 Å². The quantitative estimate of drug-likeness (QED) is 0.740. The molecule has 118 valence electrons. The van der Waals surface area contributed by atoms with Gasteiger partial charge in [-0.1, -0.05) is 12.1 Å². The van der Waals surface area contributed by atoms with Crippen LogP contribution in [0.15, 0.2) is 24.4 Å². The number of fused-ring (bicyclic) bond motifs is 1. The highest BCUT2D eigenvalue weighted by Crippen LogP contribution is 2.28. The van der Waals surface area contributed by atoms with Crippen molar-refractivity contribution in [1.82, 2.24) is 24.7 Å². The van der Waals surface area contributed by atoms with Gasteiger partial charge in [0.2, 0.25) is 11.9 Å². The van der Waals surface area contributed by atoms with Crippen LogP contribution in [0.4, 0.5) is 11.9 Å². The van der Waals surface area contributed by atoms with Gasteiger partial charge < -0.3 is 16.2 Å². The van der Waals surface area contributed by atoms with E-state index in [1.165, 1.54) is 0 Å². The Hall–Kier alpha value is -2.74. The summed E-state index contributed by atoms with van der Waals surface area (Å²) in [5.74, 6) is 0.669. The van der Waals surface area contributed by atoms with E-state index in [0.717, 1.165) is 42.3 Å². The first-order chi connectivity index (χ1) is 11.2. The molecule has 1 aliphatic rings. The fourth-order valence-corrected chi connectivity index (χ4v) is 2.86. The average molecular weight is 311 g/mol. The summed E-state index contributed by atoms with van der Waals surface area (Å²) in [5, 5.41) is 5.52. The second-order valence-corrected chi connectivity index (χ2v) is 5.56. The molecule has 1 fully saturated rings. The van der Waals surface area contributed by atoms with Crippen molar-refractivity contribution in [1.29, 1.82) is 0 Å². The number of nitrogens with two attached hydrogens (primary N) is 2. The normalized spacial score (nSPS) is 18.3. The van der Waals surface area contributed by atoms with Gasteiger partial charge in [0.1, 0.15) is 0 Å². The molecular weight excluding hydrogens is 294 g/mol. The molecule has 0 spiro atoms. The molecule has 4 N–H and O–H groups in total. The number of hydrogen-bond acceptors (Lipinski definition) is 7. The van der Waals surface area contributed by atoms with E-state index in [4.69, 9.17) is 16.2 Å². The first-order valence-corrected chi connectivity index (χ1v) is 7.57. The van der Waals surface area contributed by atoms with Crippen LogP contribution < -0.4 is 11.5 Å². The zero-order chi connectivity index (χ0) is 15.8. The minimum absolute atomic E-state index is 0.0232. The number of benzene rings is 1. The van der Waals surface area contributed by atoms with Gasteiger partial charge >= 0.3 is 0 Å². The van der Waals surface area contributed by atoms with Crippen molar-refractivity contribution in [3.63, 3.8) is 0 Å². The smallest absolute Gasteiger partial charge is 0.225 e. The number of nitrogen functional groups attached to an aromatic ring is 2. The maximum Gasteiger partial charge on any atom is 0.225 e. The molecule has 0 radical (unpaired) electrons. The maximum absolute atomic E-state index is 5.83. The molecule has 1 aromatic carbocycles. The largest absolute Gasteiger partial charge is 0.368 e. The highest BCUT2D eigenvalue weighted by atomic mass is 16.5. The van der Waals surface area contributed by atoms with Crippen LogP contribution in [0.1, 0.15) is 25.5 Å². The standard InChI is InChI=1S/C15H17N7O/c16-14-19-13(20-15(17)21-14)9-4-5-10-8-18-22(11(10)7-9)12-3-1-2-6-23-12/h4-5,7-8,12H,1-3,6H2,(H4,16,17,19,20,21). The zero-order valence-electron chi connectivity index (χ0n) is 12.5. The van der Waals surface area contributed by atoms with Crippen molar-refractivity contribution in [2.75, 3.05) is 18.1 Å². The van der Waals surface area contributed by atoms with E-state index in [9.17, 15) is 0 Å². The van der Waals surface area contributed by atoms with E-state index in [2.05, 4.69) is 20.1 Å². The van der Waals surface area contributed by atoms with E-state index in [-0.39, 0.29) is 18.1 Å². The van der Waals surface area contributed by atoms with Crippen LogP contribution in [0, 0.1) is 0 Å². The first kappa shape index (κ1) is 13.9. The predicted molar refractivity (Wildman–Crippen MR) is 86.2 cm³/mol. The first-order valence-electron chi connectivity index (χ1n) is 7.57. The van der Waals surface area contributed by atoms with Gasteiger partial charge in [0.15, 0.2) is 12.1 Å². The van der Waals surface area contributed by atoms with Gasteiger partial charge in [0.25, 0.3) is 0 Å². The number of aromatic nitrogens is 5. The fourth-order valence-electron chi connectivity index (χ4n) is 2.86. The highest BCUT2D eigenvalue weighted by Gasteiger charge is 2.19. The molecule has 23 heavy (non-hydrogen) atoms. The number of anilines is 2. The van der Waals surface area contributed by atoms with Gasteiger partial charge in [-0.2, -0.15) is 20.1 Å². The number of ether oxygens (including phenoxy) is 1. The lowest BCUT2D eigenvalue weighted by atomic mass is 10.1. The van der Waals surface area contributed by atoms with Crippen molar-refractivity contribution < 1.29 is 4.74 Å². The fraction of sp³-hybridized carbons (Fsp3) is 0.333. The molecule has 0 saturated carbocycles. The molecule has 1 saturated heterocycles. The molecule has 1 aliphatic heterocycles. The molecule has 8 nitrogen and oxygen atoms in total. The van der Waals surface area contributed by atoms with Crippen LogP contribution in [0.5, 0.6) is 0 Å². The van der Waals surface area contributed by atoms with Crippen LogP contribution in [0.3, 0.4) is 0 Å². The second-order valence-electron chi connectivity index (χ2n) is 5.56. The van der Waals surface area contributed by atoms with Crippen molar-refractivity contribution in [2.24, 2.45) is 0 Å². The van der Waals surface area contributed by atoms with Crippen LogP contribution >= 0.6 is 0 Å². The molecule has 1 atom stereocenters. The summed E-state index contributed by atoms with van der Waals surface area (Å²) in [7, 11) is 0. The number of nitrogens with zero attached hydrogens (tertiary/aromatic N) is 5. The Morgan fingerprint density at radius 1 is 1.09 bits per heavy atom. The van der Waals surface area contributed by atoms with Gasteiger partial charge in [-0.3, -0.25) is 0 Å². The lowest BCUT2D eigenvalue weighted by molar-refractivity contribution is -0.0366. The van der Waals surface area contributed by atoms with Crippen LogP contribution in [-0.4, -0.2) is 31.3 Å². The summed E-state index contributed by atoms with van der Waals surface area (Å²) in [5.41, 5.74) is 13.1. The van der Waals surface area contributed by atoms with E-state index in [1.54, 1.807) is 0 Å². The Labute approximate surface area is 132 Å². The van der Waals surface area contributed by atoms with E-state index >= 15 is 0 Å². The highest BCUT2D eigenvalue weighted by molar-refractivity contribution is 5.83. The molecule has 2 aromatic heterocycles. The van der Waals surface area contributed by atoms with E-state index < -0.39 is 0 Å². The molecule has 4 rings (SSSR count). The lowest BCUT2D eigenvalue weighted by Gasteiger charge is -2.23. The summed E-state index contributed by atoms with van der Waals surface area (Å²) in [4.78, 5) is 12.1. The zero-order valence-corrected chi connectivity index (χ0v) is 12.5. The molecule has 0 amide bonds. The maximum atomic E-state index is 5.83. The SMILES string of the molecule is Nc1nc(N)nc(-c2ccc3cnn(C4CCCCO4)c3c2)n1. The summed E-state index contributed by atoms with van der Waals surface area (Å²) < 4.78 is 7.76. The van der Waals surface area contributed by atoms with Gasteiger partial charge in [-0.05, 0) is 25.3 Å². The van der Waals surface area contributed by atoms with Crippen LogP contribution in [0.2, 0.25) is 0 Å². The summed E-state index contributed by atoms with van der Waals surface area (Å²) in [6.45, 7) is 0.770. The topological polar surface area (TPSA) is 118 Å². The molecule has 0 bridgehead atoms. The van der Waals surface area contributed by atoms with Crippen LogP contribution in [-0.2, 0) is 4.74 Å². The third kappa shape index (κ3) is 2.57. The number of rotatable bonds is 2. The summed E-state index contributed by atoms with van der Waals surface area (Å²) in [6.07, 6.45) is 5.03. The molecule has 8 heteroatoms. The van der Waals surface area contributed by atoms with Gasteiger partial charge in [0.05, 0.1) is 11.7 Å². The summed E-state index contributed by atoms with van der Waals surface area (Å²) in [6, 6.07) is 5.88. The predicted octanol–water partition coefficient (Wildman–Crippen LogP) is 1.75. The minimum Gasteiger partial charge on any atom is -0.368 e. The lowest BCUT2D eigenvalue weighted by Crippen LogP contribution is -2.18. The van der Waals surface area contributed by atoms with Crippen LogP contribution in [0.25, 0.3) is 22.3 Å². The van der Waals surface area contributed by atoms with Crippen molar-refractivity contribution >= 4 is 22.8 Å². The monoisotopic (exact) mass is 311 g/mol. The van der Waals surface area contributed by atoms with Crippen molar-refractivity contribution in [3.05, 3.63) is 24.4 Å². The second kappa shape index (κ2) is 5.47. The minimum atomic E-state index is -0.0232. The van der Waals surface area contributed by atoms with Gasteiger partial charge in [-0.15, -0.1) is 0 Å². The molecular formula is C15H17N7O. The Kier molecular flexibility index (Phi) is 3.30. The van der Waals surface area contributed by atoms with Gasteiger partial charge in [0, 0.05) is 17.6 Å². The van der Waals surface area contributed by atoms with E-state index in [0.29, 0.717) is 5.82 Å². The Bertz CT molecular complexity index is 834.